The van der Waals surface area contributed by atoms with Crippen LogP contribution in [0.4, 0.5) is 11.4 Å². The maximum absolute atomic E-state index is 11.7. The predicted molar refractivity (Wildman–Crippen MR) is 62.9 cm³/mol. The molecule has 5 heteroatoms. The quantitative estimate of drug-likeness (QED) is 0.691. The fraction of sp³-hybridized carbons (Fsp3) is 0.273. The number of rotatable bonds is 1. The average Bonchev–Trinajstić information content (AvgIpc) is 2.33. The summed E-state index contributed by atoms with van der Waals surface area (Å²) in [6, 6.07) is 7.28. The second-order valence-corrected chi connectivity index (χ2v) is 3.82. The van der Waals surface area contributed by atoms with Gasteiger partial charge in [-0.3, -0.25) is 14.5 Å². The van der Waals surface area contributed by atoms with Crippen LogP contribution in [-0.2, 0) is 9.59 Å². The molecule has 0 aliphatic carbocycles. The van der Waals surface area contributed by atoms with Crippen molar-refractivity contribution in [3.8, 4) is 0 Å². The van der Waals surface area contributed by atoms with E-state index in [-0.39, 0.29) is 24.2 Å². The molecule has 0 N–H and O–H groups in total. The van der Waals surface area contributed by atoms with Crippen LogP contribution >= 0.6 is 11.6 Å². The Morgan fingerprint density at radius 2 is 2.00 bits per heavy atom. The lowest BCUT2D eigenvalue weighted by molar-refractivity contribution is -0.121. The largest absolute Gasteiger partial charge is 0.312 e. The summed E-state index contributed by atoms with van der Waals surface area (Å²) in [7, 11) is 1.70. The van der Waals surface area contributed by atoms with Gasteiger partial charge in [-0.25, -0.2) is 0 Å². The summed E-state index contributed by atoms with van der Waals surface area (Å²) in [6.45, 7) is 0.0546. The Hall–Kier alpha value is -1.55. The molecule has 1 aliphatic rings. The molecule has 0 spiro atoms. The third-order valence-corrected chi connectivity index (χ3v) is 2.85. The Morgan fingerprint density at radius 1 is 1.38 bits per heavy atom. The number of fused-ring (bicyclic) bond motifs is 1. The van der Waals surface area contributed by atoms with Gasteiger partial charge in [0.2, 0.25) is 11.8 Å². The van der Waals surface area contributed by atoms with Crippen molar-refractivity contribution in [2.24, 2.45) is 0 Å². The highest BCUT2D eigenvalue weighted by atomic mass is 35.5. The van der Waals surface area contributed by atoms with E-state index in [1.807, 2.05) is 18.2 Å². The van der Waals surface area contributed by atoms with E-state index >= 15 is 0 Å². The van der Waals surface area contributed by atoms with Crippen molar-refractivity contribution in [2.75, 3.05) is 29.3 Å². The Balaban J connectivity index is 2.49. The fourth-order valence-corrected chi connectivity index (χ4v) is 1.88. The van der Waals surface area contributed by atoms with E-state index in [1.54, 1.807) is 18.0 Å². The van der Waals surface area contributed by atoms with Gasteiger partial charge in [-0.2, -0.15) is 0 Å². The highest BCUT2D eigenvalue weighted by Crippen LogP contribution is 2.32. The molecule has 2 rings (SSSR count). The van der Waals surface area contributed by atoms with Crippen LogP contribution in [0.5, 0.6) is 0 Å². The molecule has 1 aromatic carbocycles. The van der Waals surface area contributed by atoms with E-state index in [9.17, 15) is 9.59 Å². The van der Waals surface area contributed by atoms with Crippen LogP contribution in [0, 0.1) is 0 Å². The third kappa shape index (κ3) is 1.65. The molecular weight excluding hydrogens is 228 g/mol. The number of carbonyl (C=O) groups excluding carboxylic acids is 2. The van der Waals surface area contributed by atoms with Crippen molar-refractivity contribution in [3.05, 3.63) is 24.3 Å². The maximum atomic E-state index is 11.7. The molecule has 0 unspecified atom stereocenters. The smallest absolute Gasteiger partial charge is 0.246 e. The van der Waals surface area contributed by atoms with Gasteiger partial charge in [0.1, 0.15) is 12.4 Å². The molecule has 0 atom stereocenters. The van der Waals surface area contributed by atoms with Crippen molar-refractivity contribution < 1.29 is 9.59 Å². The lowest BCUT2D eigenvalue weighted by Gasteiger charge is -2.33. The SMILES string of the molecule is CN1C(=O)CN(C(=O)CCl)c2ccccc21. The molecule has 1 aliphatic heterocycles. The van der Waals surface area contributed by atoms with Crippen LogP contribution in [0.3, 0.4) is 0 Å². The predicted octanol–water partition coefficient (Wildman–Crippen LogP) is 1.23. The number of hydrogen-bond donors (Lipinski definition) is 0. The van der Waals surface area contributed by atoms with Crippen LogP contribution < -0.4 is 9.80 Å². The maximum Gasteiger partial charge on any atom is 0.246 e. The molecule has 2 amide bonds. The zero-order valence-electron chi connectivity index (χ0n) is 8.81. The van der Waals surface area contributed by atoms with Gasteiger partial charge >= 0.3 is 0 Å². The summed E-state index contributed by atoms with van der Waals surface area (Å²) in [4.78, 5) is 26.3. The number of nitrogens with zero attached hydrogens (tertiary/aromatic N) is 2. The number of carbonyl (C=O) groups is 2. The van der Waals surface area contributed by atoms with Crippen LogP contribution in [0.2, 0.25) is 0 Å². The second-order valence-electron chi connectivity index (χ2n) is 3.55. The van der Waals surface area contributed by atoms with Gasteiger partial charge in [0.05, 0.1) is 11.4 Å². The number of halogens is 1. The number of hydrogen-bond acceptors (Lipinski definition) is 2. The molecule has 84 valence electrons. The summed E-state index contributed by atoms with van der Waals surface area (Å²) >= 11 is 5.52. The van der Waals surface area contributed by atoms with E-state index in [2.05, 4.69) is 0 Å². The number of anilines is 2. The minimum absolute atomic E-state index is 0.0546. The first-order valence-corrected chi connectivity index (χ1v) is 5.40. The van der Waals surface area contributed by atoms with Gasteiger partial charge in [-0.05, 0) is 12.1 Å². The van der Waals surface area contributed by atoms with E-state index in [0.717, 1.165) is 11.4 Å². The number of para-hydroxylation sites is 2. The second kappa shape index (κ2) is 4.14. The standard InChI is InChI=1S/C11H11ClN2O2/c1-13-8-4-2-3-5-9(8)14(7-11(13)16)10(15)6-12/h2-5H,6-7H2,1H3. The van der Waals surface area contributed by atoms with E-state index in [0.29, 0.717) is 0 Å². The number of likely N-dealkylation sites (N-methyl/N-ethyl adjacent to an activating group) is 1. The molecule has 0 saturated carbocycles. The van der Waals surface area contributed by atoms with Crippen LogP contribution in [0.1, 0.15) is 0 Å². The van der Waals surface area contributed by atoms with Gasteiger partial charge in [0, 0.05) is 7.05 Å². The normalized spacial score (nSPS) is 15.0. The lowest BCUT2D eigenvalue weighted by atomic mass is 10.1. The first kappa shape index (κ1) is 11.0. The number of benzene rings is 1. The zero-order chi connectivity index (χ0) is 11.7. The van der Waals surface area contributed by atoms with Gasteiger partial charge in [-0.15, -0.1) is 11.6 Å². The van der Waals surface area contributed by atoms with Crippen molar-refractivity contribution in [2.45, 2.75) is 0 Å². The molecule has 1 heterocycles. The number of alkyl halides is 1. The summed E-state index contributed by atoms with van der Waals surface area (Å²) in [5, 5.41) is 0. The highest BCUT2D eigenvalue weighted by Gasteiger charge is 2.29. The van der Waals surface area contributed by atoms with Crippen LogP contribution in [-0.4, -0.2) is 31.3 Å². The first-order chi connectivity index (χ1) is 7.65. The van der Waals surface area contributed by atoms with E-state index in [4.69, 9.17) is 11.6 Å². The van der Waals surface area contributed by atoms with Crippen molar-refractivity contribution >= 4 is 34.8 Å². The Morgan fingerprint density at radius 3 is 2.62 bits per heavy atom. The lowest BCUT2D eigenvalue weighted by Crippen LogP contribution is -2.47. The average molecular weight is 239 g/mol. The van der Waals surface area contributed by atoms with Crippen molar-refractivity contribution in [1.82, 2.24) is 0 Å². The van der Waals surface area contributed by atoms with E-state index in [1.165, 1.54) is 4.90 Å². The summed E-state index contributed by atoms with van der Waals surface area (Å²) in [5.41, 5.74) is 1.47. The monoisotopic (exact) mass is 238 g/mol. The van der Waals surface area contributed by atoms with Crippen molar-refractivity contribution in [1.29, 1.82) is 0 Å². The topological polar surface area (TPSA) is 40.6 Å². The molecule has 0 radical (unpaired) electrons. The van der Waals surface area contributed by atoms with Crippen LogP contribution in [0.15, 0.2) is 24.3 Å². The third-order valence-electron chi connectivity index (χ3n) is 2.62. The van der Waals surface area contributed by atoms with Gasteiger partial charge in [0.25, 0.3) is 0 Å². The Labute approximate surface area is 98.4 Å². The fourth-order valence-electron chi connectivity index (χ4n) is 1.73. The molecule has 4 nitrogen and oxygen atoms in total. The molecule has 16 heavy (non-hydrogen) atoms. The van der Waals surface area contributed by atoms with Gasteiger partial charge in [-0.1, -0.05) is 12.1 Å². The number of amides is 2. The molecule has 0 saturated heterocycles. The van der Waals surface area contributed by atoms with Gasteiger partial charge < -0.3 is 4.90 Å². The summed E-state index contributed by atoms with van der Waals surface area (Å²) in [6.07, 6.45) is 0. The molecule has 0 aromatic heterocycles. The Kier molecular flexibility index (Phi) is 2.83. The van der Waals surface area contributed by atoms with Crippen molar-refractivity contribution in [3.63, 3.8) is 0 Å². The molecule has 0 fully saturated rings. The van der Waals surface area contributed by atoms with Crippen LogP contribution in [0.25, 0.3) is 0 Å². The minimum atomic E-state index is -0.254. The zero-order valence-corrected chi connectivity index (χ0v) is 9.57. The first-order valence-electron chi connectivity index (χ1n) is 4.87. The highest BCUT2D eigenvalue weighted by molar-refractivity contribution is 6.30. The summed E-state index contributed by atoms with van der Waals surface area (Å²) in [5.74, 6) is -0.488. The minimum Gasteiger partial charge on any atom is -0.312 e. The molecular formula is C11H11ClN2O2. The molecule has 1 aromatic rings. The Bertz CT molecular complexity index is 447. The molecule has 0 bridgehead atoms. The summed E-state index contributed by atoms with van der Waals surface area (Å²) < 4.78 is 0. The van der Waals surface area contributed by atoms with Gasteiger partial charge in [0.15, 0.2) is 0 Å². The van der Waals surface area contributed by atoms with E-state index < -0.39 is 0 Å².